The molecule has 2 atom stereocenters. The number of nitriles is 2. The van der Waals surface area contributed by atoms with E-state index in [0.29, 0.717) is 12.8 Å². The molecular formula is C11H17N2O4P. The van der Waals surface area contributed by atoms with Gasteiger partial charge in [0.2, 0.25) is 0 Å². The van der Waals surface area contributed by atoms with E-state index in [1.54, 1.807) is 13.8 Å². The molecule has 2 unspecified atom stereocenters. The van der Waals surface area contributed by atoms with Gasteiger partial charge in [0.15, 0.2) is 5.60 Å². The van der Waals surface area contributed by atoms with E-state index in [-0.39, 0.29) is 25.6 Å². The van der Waals surface area contributed by atoms with Crippen molar-refractivity contribution in [3.63, 3.8) is 0 Å². The molecule has 0 spiro atoms. The summed E-state index contributed by atoms with van der Waals surface area (Å²) in [7, 11) is -3.72. The SMILES string of the molecule is CCOP(=O)(OCC)OC1(C#N)CCC(C#N)C1. The van der Waals surface area contributed by atoms with E-state index < -0.39 is 13.4 Å². The van der Waals surface area contributed by atoms with Crippen molar-refractivity contribution in [2.24, 2.45) is 5.92 Å². The molecule has 0 aliphatic heterocycles. The first-order chi connectivity index (χ1) is 8.53. The van der Waals surface area contributed by atoms with Crippen LogP contribution < -0.4 is 0 Å². The van der Waals surface area contributed by atoms with Crippen molar-refractivity contribution in [3.8, 4) is 12.1 Å². The first kappa shape index (κ1) is 15.1. The fourth-order valence-electron chi connectivity index (χ4n) is 1.94. The second-order valence-electron chi connectivity index (χ2n) is 4.05. The molecule has 0 radical (unpaired) electrons. The molecule has 100 valence electrons. The van der Waals surface area contributed by atoms with Gasteiger partial charge in [-0.15, -0.1) is 0 Å². The summed E-state index contributed by atoms with van der Waals surface area (Å²) < 4.78 is 27.6. The van der Waals surface area contributed by atoms with Crippen molar-refractivity contribution < 1.29 is 18.1 Å². The van der Waals surface area contributed by atoms with Crippen LogP contribution in [0.1, 0.15) is 33.1 Å². The highest BCUT2D eigenvalue weighted by Gasteiger charge is 2.47. The zero-order valence-electron chi connectivity index (χ0n) is 10.6. The standard InChI is InChI=1S/C11H17N2O4P/c1-3-15-18(14,16-4-2)17-11(9-13)6-5-10(7-11)8-12/h10H,3-7H2,1-2H3. The van der Waals surface area contributed by atoms with E-state index in [1.165, 1.54) is 0 Å². The van der Waals surface area contributed by atoms with Gasteiger partial charge in [-0.25, -0.2) is 4.57 Å². The number of hydrogen-bond donors (Lipinski definition) is 0. The van der Waals surface area contributed by atoms with Gasteiger partial charge in [0.05, 0.1) is 31.3 Å². The summed E-state index contributed by atoms with van der Waals surface area (Å²) in [5.74, 6) is -0.249. The maximum atomic E-state index is 12.2. The summed E-state index contributed by atoms with van der Waals surface area (Å²) in [6.07, 6.45) is 1.16. The summed E-state index contributed by atoms with van der Waals surface area (Å²) >= 11 is 0. The Labute approximate surface area is 107 Å². The van der Waals surface area contributed by atoms with Crippen molar-refractivity contribution in [1.82, 2.24) is 0 Å². The van der Waals surface area contributed by atoms with Crippen LogP contribution >= 0.6 is 7.82 Å². The zero-order valence-corrected chi connectivity index (χ0v) is 11.5. The molecule has 0 aromatic rings. The first-order valence-electron chi connectivity index (χ1n) is 5.94. The molecular weight excluding hydrogens is 255 g/mol. The topological polar surface area (TPSA) is 92.3 Å². The fraction of sp³-hybridized carbons (Fsp3) is 0.818. The molecule has 1 fully saturated rings. The lowest BCUT2D eigenvalue weighted by Crippen LogP contribution is -2.27. The summed E-state index contributed by atoms with van der Waals surface area (Å²) in [6.45, 7) is 3.67. The van der Waals surface area contributed by atoms with E-state index in [4.69, 9.17) is 18.8 Å². The molecule has 0 aromatic carbocycles. The molecule has 0 bridgehead atoms. The molecule has 0 aromatic heterocycles. The molecule has 7 heteroatoms. The minimum absolute atomic E-state index is 0.167. The van der Waals surface area contributed by atoms with Crippen LogP contribution in [0, 0.1) is 28.6 Å². The Kier molecular flexibility index (Phi) is 5.31. The lowest BCUT2D eigenvalue weighted by atomic mass is 10.0. The number of phosphoric acid groups is 1. The molecule has 18 heavy (non-hydrogen) atoms. The van der Waals surface area contributed by atoms with Crippen molar-refractivity contribution in [2.45, 2.75) is 38.7 Å². The highest BCUT2D eigenvalue weighted by molar-refractivity contribution is 7.48. The third-order valence-corrected chi connectivity index (χ3v) is 4.44. The monoisotopic (exact) mass is 272 g/mol. The van der Waals surface area contributed by atoms with Crippen LogP contribution in [0.2, 0.25) is 0 Å². The van der Waals surface area contributed by atoms with Gasteiger partial charge in [-0.2, -0.15) is 10.5 Å². The fourth-order valence-corrected chi connectivity index (χ4v) is 3.39. The van der Waals surface area contributed by atoms with E-state index in [2.05, 4.69) is 6.07 Å². The predicted octanol–water partition coefficient (Wildman–Crippen LogP) is 2.77. The van der Waals surface area contributed by atoms with E-state index in [9.17, 15) is 9.83 Å². The molecule has 1 saturated carbocycles. The normalized spacial score (nSPS) is 27.7. The van der Waals surface area contributed by atoms with Gasteiger partial charge in [0.25, 0.3) is 0 Å². The average Bonchev–Trinajstić information content (AvgIpc) is 2.73. The summed E-state index contributed by atoms with van der Waals surface area (Å²) in [6, 6.07) is 4.11. The van der Waals surface area contributed by atoms with Crippen LogP contribution in [0.5, 0.6) is 0 Å². The van der Waals surface area contributed by atoms with Gasteiger partial charge >= 0.3 is 7.82 Å². The Morgan fingerprint density at radius 3 is 2.33 bits per heavy atom. The smallest absolute Gasteiger partial charge is 0.287 e. The second-order valence-corrected chi connectivity index (χ2v) is 5.64. The third kappa shape index (κ3) is 3.54. The zero-order chi connectivity index (χ0) is 13.6. The summed E-state index contributed by atoms with van der Waals surface area (Å²) in [5, 5.41) is 18.1. The number of rotatable bonds is 6. The Balaban J connectivity index is 2.82. The Hall–Kier alpha value is -0.910. The number of hydrogen-bond acceptors (Lipinski definition) is 6. The summed E-state index contributed by atoms with van der Waals surface area (Å²) in [5.41, 5.74) is -1.24. The molecule has 0 saturated heterocycles. The quantitative estimate of drug-likeness (QED) is 0.690. The van der Waals surface area contributed by atoms with Crippen LogP contribution in [0.4, 0.5) is 0 Å². The van der Waals surface area contributed by atoms with Crippen LogP contribution in [-0.2, 0) is 18.1 Å². The van der Waals surface area contributed by atoms with Crippen LogP contribution in [0.25, 0.3) is 0 Å². The molecule has 1 rings (SSSR count). The maximum Gasteiger partial charge on any atom is 0.476 e. The van der Waals surface area contributed by atoms with Gasteiger partial charge in [-0.05, 0) is 26.7 Å². The van der Waals surface area contributed by atoms with Crippen molar-refractivity contribution in [1.29, 1.82) is 10.5 Å². The van der Waals surface area contributed by atoms with Crippen LogP contribution in [0.15, 0.2) is 0 Å². The summed E-state index contributed by atoms with van der Waals surface area (Å²) in [4.78, 5) is 0. The van der Waals surface area contributed by atoms with Gasteiger partial charge < -0.3 is 0 Å². The highest BCUT2D eigenvalue weighted by atomic mass is 31.2. The lowest BCUT2D eigenvalue weighted by Gasteiger charge is -2.26. The van der Waals surface area contributed by atoms with Crippen molar-refractivity contribution >= 4 is 7.82 Å². The average molecular weight is 272 g/mol. The number of phosphoric ester groups is 1. The Morgan fingerprint density at radius 1 is 1.33 bits per heavy atom. The van der Waals surface area contributed by atoms with E-state index in [1.807, 2.05) is 6.07 Å². The highest BCUT2D eigenvalue weighted by Crippen LogP contribution is 2.56. The predicted molar refractivity (Wildman–Crippen MR) is 63.2 cm³/mol. The second kappa shape index (κ2) is 6.31. The molecule has 0 amide bonds. The molecule has 6 nitrogen and oxygen atoms in total. The van der Waals surface area contributed by atoms with Gasteiger partial charge in [0.1, 0.15) is 0 Å². The van der Waals surface area contributed by atoms with Gasteiger partial charge in [-0.3, -0.25) is 13.6 Å². The van der Waals surface area contributed by atoms with Crippen molar-refractivity contribution in [2.75, 3.05) is 13.2 Å². The lowest BCUT2D eigenvalue weighted by molar-refractivity contribution is 0.0494. The molecule has 0 N–H and O–H groups in total. The Morgan fingerprint density at radius 2 is 1.94 bits per heavy atom. The van der Waals surface area contributed by atoms with Gasteiger partial charge in [0, 0.05) is 6.42 Å². The minimum Gasteiger partial charge on any atom is -0.287 e. The van der Waals surface area contributed by atoms with Crippen molar-refractivity contribution in [3.05, 3.63) is 0 Å². The van der Waals surface area contributed by atoms with E-state index >= 15 is 0 Å². The molecule has 0 heterocycles. The van der Waals surface area contributed by atoms with Crippen LogP contribution in [0.3, 0.4) is 0 Å². The molecule has 1 aliphatic rings. The first-order valence-corrected chi connectivity index (χ1v) is 7.40. The number of nitrogens with zero attached hydrogens (tertiary/aromatic N) is 2. The maximum absolute atomic E-state index is 12.2. The Bertz CT molecular complexity index is 404. The molecule has 1 aliphatic carbocycles. The van der Waals surface area contributed by atoms with Gasteiger partial charge in [-0.1, -0.05) is 0 Å². The minimum atomic E-state index is -3.72. The third-order valence-electron chi connectivity index (χ3n) is 2.72. The van der Waals surface area contributed by atoms with E-state index in [0.717, 1.165) is 0 Å². The largest absolute Gasteiger partial charge is 0.476 e. The van der Waals surface area contributed by atoms with Crippen LogP contribution in [-0.4, -0.2) is 18.8 Å².